The Balaban J connectivity index is 1.75. The highest BCUT2D eigenvalue weighted by Crippen LogP contribution is 2.30. The molecule has 17 heavy (non-hydrogen) atoms. The molecular weight excluding hydrogens is 212 g/mol. The number of hydrogen-bond donors (Lipinski definition) is 1. The number of nitrogens with zero attached hydrogens (tertiary/aromatic N) is 1. The van der Waals surface area contributed by atoms with Crippen LogP contribution in [0.2, 0.25) is 0 Å². The van der Waals surface area contributed by atoms with Gasteiger partial charge in [-0.3, -0.25) is 4.79 Å². The molecule has 98 valence electrons. The molecule has 1 heterocycles. The van der Waals surface area contributed by atoms with E-state index in [0.717, 1.165) is 19.5 Å². The van der Waals surface area contributed by atoms with Crippen LogP contribution in [0.1, 0.15) is 52.4 Å². The molecular formula is C14H26N2O. The van der Waals surface area contributed by atoms with Gasteiger partial charge in [0.15, 0.2) is 0 Å². The van der Waals surface area contributed by atoms with Crippen molar-refractivity contribution in [3.63, 3.8) is 0 Å². The SMILES string of the molecule is CC(C)C1(N)CN(C(=O)CC2CCCCC2)C1. The number of carbonyl (C=O) groups excluding carboxylic acids is 1. The van der Waals surface area contributed by atoms with E-state index in [0.29, 0.717) is 17.7 Å². The zero-order valence-electron chi connectivity index (χ0n) is 11.2. The predicted molar refractivity (Wildman–Crippen MR) is 69.5 cm³/mol. The molecule has 0 unspecified atom stereocenters. The van der Waals surface area contributed by atoms with Crippen molar-refractivity contribution in [2.45, 2.75) is 57.9 Å². The lowest BCUT2D eigenvalue weighted by atomic mass is 9.79. The van der Waals surface area contributed by atoms with Crippen molar-refractivity contribution < 1.29 is 4.79 Å². The summed E-state index contributed by atoms with van der Waals surface area (Å²) < 4.78 is 0. The van der Waals surface area contributed by atoms with Crippen molar-refractivity contribution >= 4 is 5.91 Å². The average molecular weight is 238 g/mol. The molecule has 3 nitrogen and oxygen atoms in total. The van der Waals surface area contributed by atoms with Gasteiger partial charge in [-0.25, -0.2) is 0 Å². The van der Waals surface area contributed by atoms with Gasteiger partial charge in [-0.15, -0.1) is 0 Å². The van der Waals surface area contributed by atoms with Crippen LogP contribution >= 0.6 is 0 Å². The van der Waals surface area contributed by atoms with Gasteiger partial charge in [-0.2, -0.15) is 0 Å². The molecule has 3 heteroatoms. The van der Waals surface area contributed by atoms with Crippen molar-refractivity contribution in [3.8, 4) is 0 Å². The second-order valence-electron chi connectivity index (χ2n) is 6.35. The summed E-state index contributed by atoms with van der Waals surface area (Å²) in [6.45, 7) is 5.80. The van der Waals surface area contributed by atoms with Crippen LogP contribution < -0.4 is 5.73 Å². The first-order chi connectivity index (χ1) is 8.01. The summed E-state index contributed by atoms with van der Waals surface area (Å²) in [5.74, 6) is 1.43. The number of carbonyl (C=O) groups is 1. The van der Waals surface area contributed by atoms with Gasteiger partial charge in [-0.05, 0) is 24.7 Å². The van der Waals surface area contributed by atoms with Gasteiger partial charge in [0.1, 0.15) is 0 Å². The molecule has 1 saturated carbocycles. The second-order valence-corrected chi connectivity index (χ2v) is 6.35. The van der Waals surface area contributed by atoms with Crippen LogP contribution in [0.15, 0.2) is 0 Å². The summed E-state index contributed by atoms with van der Waals surface area (Å²) >= 11 is 0. The Hall–Kier alpha value is -0.570. The maximum atomic E-state index is 12.1. The molecule has 0 aromatic carbocycles. The highest BCUT2D eigenvalue weighted by Gasteiger charge is 2.44. The van der Waals surface area contributed by atoms with E-state index < -0.39 is 0 Å². The minimum atomic E-state index is -0.123. The molecule has 1 aliphatic heterocycles. The van der Waals surface area contributed by atoms with E-state index in [1.165, 1.54) is 32.1 Å². The topological polar surface area (TPSA) is 46.3 Å². The van der Waals surface area contributed by atoms with Crippen molar-refractivity contribution in [1.29, 1.82) is 0 Å². The molecule has 1 amide bonds. The van der Waals surface area contributed by atoms with E-state index in [1.54, 1.807) is 0 Å². The third-order valence-electron chi connectivity index (χ3n) is 4.66. The van der Waals surface area contributed by atoms with Crippen LogP contribution in [0.4, 0.5) is 0 Å². The molecule has 0 spiro atoms. The van der Waals surface area contributed by atoms with E-state index in [-0.39, 0.29) is 5.54 Å². The van der Waals surface area contributed by atoms with Gasteiger partial charge in [0.05, 0.1) is 5.54 Å². The summed E-state index contributed by atoms with van der Waals surface area (Å²) in [4.78, 5) is 14.0. The molecule has 0 atom stereocenters. The van der Waals surface area contributed by atoms with E-state index in [9.17, 15) is 4.79 Å². The summed E-state index contributed by atoms with van der Waals surface area (Å²) in [6.07, 6.45) is 7.23. The van der Waals surface area contributed by atoms with Crippen LogP contribution in [0.25, 0.3) is 0 Å². The number of hydrogen-bond acceptors (Lipinski definition) is 2. The zero-order chi connectivity index (χ0) is 12.5. The van der Waals surface area contributed by atoms with Crippen LogP contribution in [0.3, 0.4) is 0 Å². The van der Waals surface area contributed by atoms with E-state index in [1.807, 2.05) is 4.90 Å². The van der Waals surface area contributed by atoms with E-state index in [2.05, 4.69) is 13.8 Å². The lowest BCUT2D eigenvalue weighted by molar-refractivity contribution is -0.141. The lowest BCUT2D eigenvalue weighted by Crippen LogP contribution is -2.71. The Morgan fingerprint density at radius 1 is 1.29 bits per heavy atom. The van der Waals surface area contributed by atoms with Crippen molar-refractivity contribution in [2.75, 3.05) is 13.1 Å². The summed E-state index contributed by atoms with van der Waals surface area (Å²) in [7, 11) is 0. The first-order valence-corrected chi connectivity index (χ1v) is 7.08. The fourth-order valence-corrected chi connectivity index (χ4v) is 2.97. The number of amides is 1. The van der Waals surface area contributed by atoms with Crippen LogP contribution in [-0.2, 0) is 4.79 Å². The standard InChI is InChI=1S/C14H26N2O/c1-11(2)14(15)9-16(10-14)13(17)8-12-6-4-3-5-7-12/h11-12H,3-10,15H2,1-2H3. The molecule has 0 bridgehead atoms. The Kier molecular flexibility index (Phi) is 3.76. The molecule has 0 aromatic rings. The molecule has 2 N–H and O–H groups in total. The van der Waals surface area contributed by atoms with E-state index >= 15 is 0 Å². The average Bonchev–Trinajstić information content (AvgIpc) is 2.25. The predicted octanol–water partition coefficient (Wildman–Crippen LogP) is 2.15. The number of rotatable bonds is 3. The molecule has 0 aromatic heterocycles. The minimum Gasteiger partial charge on any atom is -0.339 e. The number of nitrogens with two attached hydrogens (primary N) is 1. The Morgan fingerprint density at radius 2 is 1.88 bits per heavy atom. The van der Waals surface area contributed by atoms with Gasteiger partial charge >= 0.3 is 0 Å². The Morgan fingerprint density at radius 3 is 2.41 bits per heavy atom. The van der Waals surface area contributed by atoms with Gasteiger partial charge in [0.25, 0.3) is 0 Å². The lowest BCUT2D eigenvalue weighted by Gasteiger charge is -2.50. The van der Waals surface area contributed by atoms with Gasteiger partial charge in [0, 0.05) is 19.5 Å². The fraction of sp³-hybridized carbons (Fsp3) is 0.929. The molecule has 2 fully saturated rings. The number of likely N-dealkylation sites (tertiary alicyclic amines) is 1. The van der Waals surface area contributed by atoms with Gasteiger partial charge < -0.3 is 10.6 Å². The maximum absolute atomic E-state index is 12.1. The minimum absolute atomic E-state index is 0.123. The fourth-order valence-electron chi connectivity index (χ4n) is 2.97. The van der Waals surface area contributed by atoms with E-state index in [4.69, 9.17) is 5.73 Å². The summed E-state index contributed by atoms with van der Waals surface area (Å²) in [5.41, 5.74) is 6.09. The summed E-state index contributed by atoms with van der Waals surface area (Å²) in [5, 5.41) is 0. The van der Waals surface area contributed by atoms with Gasteiger partial charge in [0.2, 0.25) is 5.91 Å². The van der Waals surface area contributed by atoms with Crippen LogP contribution in [0.5, 0.6) is 0 Å². The molecule has 0 radical (unpaired) electrons. The molecule has 1 saturated heterocycles. The van der Waals surface area contributed by atoms with Crippen molar-refractivity contribution in [2.24, 2.45) is 17.6 Å². The third-order valence-corrected chi connectivity index (χ3v) is 4.66. The Labute approximate surface area is 105 Å². The maximum Gasteiger partial charge on any atom is 0.222 e. The highest BCUT2D eigenvalue weighted by atomic mass is 16.2. The summed E-state index contributed by atoms with van der Waals surface area (Å²) in [6, 6.07) is 0. The quantitative estimate of drug-likeness (QED) is 0.819. The molecule has 1 aliphatic carbocycles. The third kappa shape index (κ3) is 2.82. The monoisotopic (exact) mass is 238 g/mol. The zero-order valence-corrected chi connectivity index (χ0v) is 11.2. The second kappa shape index (κ2) is 4.97. The van der Waals surface area contributed by atoms with Crippen molar-refractivity contribution in [1.82, 2.24) is 4.90 Å². The Bertz CT molecular complexity index is 276. The normalized spacial score (nSPS) is 24.8. The highest BCUT2D eigenvalue weighted by molar-refractivity contribution is 5.77. The first-order valence-electron chi connectivity index (χ1n) is 7.08. The molecule has 2 aliphatic rings. The van der Waals surface area contributed by atoms with Crippen LogP contribution in [-0.4, -0.2) is 29.4 Å². The molecule has 2 rings (SSSR count). The largest absolute Gasteiger partial charge is 0.339 e. The van der Waals surface area contributed by atoms with Gasteiger partial charge in [-0.1, -0.05) is 33.1 Å². The smallest absolute Gasteiger partial charge is 0.222 e. The van der Waals surface area contributed by atoms with Crippen molar-refractivity contribution in [3.05, 3.63) is 0 Å². The van der Waals surface area contributed by atoms with Crippen LogP contribution in [0, 0.1) is 11.8 Å². The first kappa shape index (κ1) is 12.9.